The van der Waals surface area contributed by atoms with Gasteiger partial charge in [0.2, 0.25) is 27.8 Å². The highest BCUT2D eigenvalue weighted by atomic mass is 79.9. The van der Waals surface area contributed by atoms with Gasteiger partial charge in [-0.1, -0.05) is 24.3 Å². The lowest BCUT2D eigenvalue weighted by Gasteiger charge is -2.35. The standard InChI is InChI=1S/C45H57BrN10O5S/c1-29-25-38(51-45-49-28-36(46)43(53-45)50-37-6-4-5-32-15-24-56(42(32)37)62(3,59)60)40(61-2)26-39(29)55-22-16-33(17-23-55)48-19-18-47-27-30-13-20-54(21-14-30)34-9-7-31(8-10-34)35-11-12-41(57)52-44(35)58/h4-10,25-26,28,30,33,35,47-48H,11-24,27H2,1-3H3,(H,52,57,58)(H2,49,50,51,53). The molecular weight excluding hydrogens is 873 g/mol. The molecule has 15 nitrogen and oxygen atoms in total. The molecule has 0 saturated carbocycles. The maximum Gasteiger partial charge on any atom is 0.234 e. The van der Waals surface area contributed by atoms with E-state index in [1.165, 1.54) is 16.2 Å². The smallest absolute Gasteiger partial charge is 0.234 e. The van der Waals surface area contributed by atoms with Gasteiger partial charge in [-0.3, -0.25) is 19.2 Å². The van der Waals surface area contributed by atoms with Crippen molar-refractivity contribution in [2.75, 3.05) is 90.5 Å². The lowest BCUT2D eigenvalue weighted by molar-refractivity contribution is -0.134. The van der Waals surface area contributed by atoms with Crippen molar-refractivity contribution in [2.24, 2.45) is 5.92 Å². The topological polar surface area (TPSA) is 173 Å². The number of piperidine rings is 3. The van der Waals surface area contributed by atoms with E-state index in [2.05, 4.69) is 88.5 Å². The molecule has 3 aromatic carbocycles. The Morgan fingerprint density at radius 3 is 2.37 bits per heavy atom. The van der Waals surface area contributed by atoms with Crippen LogP contribution >= 0.6 is 15.9 Å². The highest BCUT2D eigenvalue weighted by Crippen LogP contribution is 2.40. The van der Waals surface area contributed by atoms with Gasteiger partial charge in [-0.25, -0.2) is 13.4 Å². The SMILES string of the molecule is COc1cc(N2CCC(NCCNCC3CCN(c4ccc(C5CCC(=O)NC5=O)cc4)CC3)CC2)c(C)cc1Nc1ncc(Br)c(Nc2cccc3c2N(S(C)(=O)=O)CC3)n1. The number of nitrogens with one attached hydrogen (secondary N) is 5. The Morgan fingerprint density at radius 1 is 0.887 bits per heavy atom. The minimum Gasteiger partial charge on any atom is -0.494 e. The van der Waals surface area contributed by atoms with Gasteiger partial charge in [0.05, 0.1) is 40.8 Å². The number of sulfonamides is 1. The number of aryl methyl sites for hydroxylation is 1. The van der Waals surface area contributed by atoms with E-state index < -0.39 is 10.0 Å². The Hall–Kier alpha value is -4.97. The quantitative estimate of drug-likeness (QED) is 0.0701. The van der Waals surface area contributed by atoms with Crippen LogP contribution in [0.1, 0.15) is 61.1 Å². The van der Waals surface area contributed by atoms with Crippen LogP contribution in [0.4, 0.5) is 40.2 Å². The fourth-order valence-corrected chi connectivity index (χ4v) is 10.5. The fraction of sp³-hybridized carbons (Fsp3) is 0.467. The summed E-state index contributed by atoms with van der Waals surface area (Å²) < 4.78 is 33.0. The van der Waals surface area contributed by atoms with E-state index in [-0.39, 0.29) is 17.7 Å². The number of aromatic nitrogens is 2. The summed E-state index contributed by atoms with van der Waals surface area (Å²) in [5.41, 5.74) is 7.46. The van der Waals surface area contributed by atoms with Crippen LogP contribution in [-0.4, -0.2) is 102 Å². The van der Waals surface area contributed by atoms with Gasteiger partial charge >= 0.3 is 0 Å². The van der Waals surface area contributed by atoms with Crippen molar-refractivity contribution in [3.63, 3.8) is 0 Å². The van der Waals surface area contributed by atoms with Gasteiger partial charge in [0.25, 0.3) is 0 Å². The van der Waals surface area contributed by atoms with Crippen molar-refractivity contribution in [3.05, 3.63) is 82.0 Å². The van der Waals surface area contributed by atoms with Gasteiger partial charge in [0.15, 0.2) is 0 Å². The first-order chi connectivity index (χ1) is 29.9. The molecule has 0 spiro atoms. The monoisotopic (exact) mass is 928 g/mol. The molecule has 0 bridgehead atoms. The predicted octanol–water partition coefficient (Wildman–Crippen LogP) is 5.95. The summed E-state index contributed by atoms with van der Waals surface area (Å²) >= 11 is 3.56. The van der Waals surface area contributed by atoms with Gasteiger partial charge in [-0.2, -0.15) is 4.98 Å². The molecule has 5 heterocycles. The molecule has 4 aliphatic rings. The normalized spacial score (nSPS) is 18.8. The van der Waals surface area contributed by atoms with Crippen molar-refractivity contribution in [2.45, 2.75) is 63.8 Å². The number of rotatable bonds is 15. The molecule has 3 saturated heterocycles. The highest BCUT2D eigenvalue weighted by Gasteiger charge is 2.30. The molecule has 1 unspecified atom stereocenters. The number of ether oxygens (including phenoxy) is 1. The van der Waals surface area contributed by atoms with E-state index in [0.717, 1.165) is 99.6 Å². The number of nitrogens with zero attached hydrogens (tertiary/aromatic N) is 5. The first-order valence-electron chi connectivity index (χ1n) is 21.7. The van der Waals surface area contributed by atoms with E-state index in [0.29, 0.717) is 71.1 Å². The summed E-state index contributed by atoms with van der Waals surface area (Å²) in [4.78, 5) is 37.9. The molecule has 0 radical (unpaired) electrons. The van der Waals surface area contributed by atoms with Crippen molar-refractivity contribution in [3.8, 4) is 5.75 Å². The molecule has 17 heteroatoms. The van der Waals surface area contributed by atoms with E-state index >= 15 is 0 Å². The van der Waals surface area contributed by atoms with Crippen LogP contribution < -0.4 is 45.4 Å². The Bertz CT molecular complexity index is 2370. The first kappa shape index (κ1) is 43.7. The number of hydrogen-bond donors (Lipinski definition) is 5. The van der Waals surface area contributed by atoms with Crippen molar-refractivity contribution < 1.29 is 22.7 Å². The fourth-order valence-electron chi connectivity index (χ4n) is 9.22. The van der Waals surface area contributed by atoms with Crippen LogP contribution in [-0.2, 0) is 26.0 Å². The zero-order chi connectivity index (χ0) is 43.4. The van der Waals surface area contributed by atoms with Gasteiger partial charge in [0, 0.05) is 81.9 Å². The summed E-state index contributed by atoms with van der Waals surface area (Å²) in [6.45, 7) is 9.39. The Morgan fingerprint density at radius 2 is 1.65 bits per heavy atom. The molecule has 1 aromatic heterocycles. The van der Waals surface area contributed by atoms with Gasteiger partial charge in [-0.05, 0) is 115 Å². The van der Waals surface area contributed by atoms with Crippen LogP contribution in [0.2, 0.25) is 0 Å². The maximum atomic E-state index is 12.5. The lowest BCUT2D eigenvalue weighted by Crippen LogP contribution is -2.45. The Labute approximate surface area is 373 Å². The van der Waals surface area contributed by atoms with Crippen LogP contribution in [0.5, 0.6) is 5.75 Å². The summed E-state index contributed by atoms with van der Waals surface area (Å²) in [5, 5.41) is 16.6. The lowest BCUT2D eigenvalue weighted by atomic mass is 9.90. The Balaban J connectivity index is 0.771. The summed E-state index contributed by atoms with van der Waals surface area (Å²) in [5.74, 6) is 1.61. The molecule has 4 aromatic rings. The largest absolute Gasteiger partial charge is 0.494 e. The summed E-state index contributed by atoms with van der Waals surface area (Å²) in [7, 11) is -1.77. The molecule has 5 N–H and O–H groups in total. The Kier molecular flexibility index (Phi) is 13.5. The number of methoxy groups -OCH3 is 1. The molecule has 3 fully saturated rings. The number of halogens is 1. The molecule has 330 valence electrons. The number of anilines is 7. The second-order valence-corrected chi connectivity index (χ2v) is 19.6. The average Bonchev–Trinajstić information content (AvgIpc) is 3.72. The number of hydrogen-bond acceptors (Lipinski definition) is 13. The molecule has 0 aliphatic carbocycles. The van der Waals surface area contributed by atoms with Gasteiger partial charge in [-0.15, -0.1) is 0 Å². The number of fused-ring (bicyclic) bond motifs is 1. The predicted molar refractivity (Wildman–Crippen MR) is 249 cm³/mol. The molecular formula is C45H57BrN10O5S. The zero-order valence-electron chi connectivity index (χ0n) is 35.7. The minimum atomic E-state index is -3.43. The second-order valence-electron chi connectivity index (χ2n) is 16.8. The number of amides is 2. The third-order valence-corrected chi connectivity index (χ3v) is 14.4. The molecule has 4 aliphatic heterocycles. The van der Waals surface area contributed by atoms with Crippen LogP contribution in [0.3, 0.4) is 0 Å². The van der Waals surface area contributed by atoms with E-state index in [1.807, 2.05) is 30.3 Å². The van der Waals surface area contributed by atoms with Crippen molar-refractivity contribution in [1.29, 1.82) is 0 Å². The first-order valence-corrected chi connectivity index (χ1v) is 24.3. The van der Waals surface area contributed by atoms with Crippen molar-refractivity contribution >= 4 is 78.0 Å². The van der Waals surface area contributed by atoms with Crippen LogP contribution in [0.15, 0.2) is 65.3 Å². The molecule has 8 rings (SSSR count). The summed E-state index contributed by atoms with van der Waals surface area (Å²) in [6.07, 6.45) is 8.94. The van der Waals surface area contributed by atoms with Gasteiger partial charge < -0.3 is 35.8 Å². The number of carbonyl (C=O) groups is 2. The maximum absolute atomic E-state index is 12.5. The van der Waals surface area contributed by atoms with E-state index in [1.54, 1.807) is 13.3 Å². The van der Waals surface area contributed by atoms with Crippen LogP contribution in [0, 0.1) is 12.8 Å². The molecule has 62 heavy (non-hydrogen) atoms. The summed E-state index contributed by atoms with van der Waals surface area (Å²) in [6, 6.07) is 18.7. The third-order valence-electron chi connectivity index (χ3n) is 12.6. The van der Waals surface area contributed by atoms with E-state index in [9.17, 15) is 18.0 Å². The number of carbonyl (C=O) groups excluding carboxylic acids is 2. The van der Waals surface area contributed by atoms with Gasteiger partial charge in [0.1, 0.15) is 11.6 Å². The second kappa shape index (κ2) is 19.2. The van der Waals surface area contributed by atoms with E-state index in [4.69, 9.17) is 9.72 Å². The molecule has 1 atom stereocenters. The van der Waals surface area contributed by atoms with Crippen LogP contribution in [0.25, 0.3) is 0 Å². The number of para-hydroxylation sites is 1. The third kappa shape index (κ3) is 10.1. The molecule has 2 amide bonds. The minimum absolute atomic E-state index is 0.179. The number of imide groups is 1. The zero-order valence-corrected chi connectivity index (χ0v) is 38.1. The highest BCUT2D eigenvalue weighted by molar-refractivity contribution is 9.10. The number of benzene rings is 3. The van der Waals surface area contributed by atoms with Crippen molar-refractivity contribution in [1.82, 2.24) is 25.9 Å². The average molecular weight is 930 g/mol.